The van der Waals surface area contributed by atoms with Gasteiger partial charge in [-0.2, -0.15) is 0 Å². The van der Waals surface area contributed by atoms with Crippen LogP contribution < -0.4 is 10.6 Å². The number of nitrogens with one attached hydrogen (secondary N) is 2. The van der Waals surface area contributed by atoms with Crippen molar-refractivity contribution in [3.8, 4) is 0 Å². The van der Waals surface area contributed by atoms with Crippen molar-refractivity contribution in [3.63, 3.8) is 0 Å². The molecule has 0 aliphatic carbocycles. The van der Waals surface area contributed by atoms with Gasteiger partial charge in [0.05, 0.1) is 12.5 Å². The Morgan fingerprint density at radius 1 is 1.79 bits per heavy atom. The number of thiazole rings is 1. The molecule has 0 unspecified atom stereocenters. The van der Waals surface area contributed by atoms with E-state index in [1.165, 1.54) is 0 Å². The third-order valence-electron chi connectivity index (χ3n) is 2.23. The molecule has 1 aromatic heterocycles. The molecule has 0 bridgehead atoms. The highest BCUT2D eigenvalue weighted by Gasteiger charge is 2.24. The maximum absolute atomic E-state index is 11.4. The number of amides is 1. The van der Waals surface area contributed by atoms with Gasteiger partial charge >= 0.3 is 0 Å². The molecule has 1 aliphatic rings. The van der Waals surface area contributed by atoms with E-state index in [-0.39, 0.29) is 11.8 Å². The van der Waals surface area contributed by atoms with Gasteiger partial charge in [0.1, 0.15) is 5.01 Å². The van der Waals surface area contributed by atoms with Gasteiger partial charge in [-0.05, 0) is 6.92 Å². The quantitative estimate of drug-likeness (QED) is 0.755. The molecule has 0 saturated carbocycles. The number of nitrogens with zero attached hydrogens (tertiary/aromatic N) is 1. The molecule has 14 heavy (non-hydrogen) atoms. The van der Waals surface area contributed by atoms with Crippen molar-refractivity contribution in [2.45, 2.75) is 13.5 Å². The van der Waals surface area contributed by atoms with Crippen molar-refractivity contribution in [1.29, 1.82) is 0 Å². The van der Waals surface area contributed by atoms with Gasteiger partial charge in [0.25, 0.3) is 0 Å². The van der Waals surface area contributed by atoms with Gasteiger partial charge in [0, 0.05) is 24.2 Å². The number of hydrogen-bond donors (Lipinski definition) is 2. The van der Waals surface area contributed by atoms with Crippen LogP contribution in [0.3, 0.4) is 0 Å². The van der Waals surface area contributed by atoms with Crippen LogP contribution in [0.25, 0.3) is 0 Å². The van der Waals surface area contributed by atoms with Crippen LogP contribution in [0.2, 0.25) is 0 Å². The lowest BCUT2D eigenvalue weighted by molar-refractivity contribution is -0.126. The number of carbonyl (C=O) groups is 1. The van der Waals surface area contributed by atoms with Crippen LogP contribution in [0.1, 0.15) is 10.7 Å². The Bertz CT molecular complexity index is 333. The van der Waals surface area contributed by atoms with E-state index in [0.717, 1.165) is 23.8 Å². The van der Waals surface area contributed by atoms with Crippen molar-refractivity contribution < 1.29 is 4.79 Å². The molecular weight excluding hydrogens is 198 g/mol. The minimum Gasteiger partial charge on any atom is -0.349 e. The van der Waals surface area contributed by atoms with Gasteiger partial charge < -0.3 is 10.6 Å². The minimum atomic E-state index is 0.136. The largest absolute Gasteiger partial charge is 0.349 e. The Hall–Kier alpha value is -0.940. The van der Waals surface area contributed by atoms with E-state index in [0.29, 0.717) is 6.54 Å². The van der Waals surface area contributed by atoms with Crippen LogP contribution in [0.5, 0.6) is 0 Å². The summed E-state index contributed by atoms with van der Waals surface area (Å²) in [6, 6.07) is 0. The first-order valence-corrected chi connectivity index (χ1v) is 5.53. The minimum absolute atomic E-state index is 0.136. The van der Waals surface area contributed by atoms with Gasteiger partial charge in [-0.15, -0.1) is 11.3 Å². The molecule has 1 saturated heterocycles. The van der Waals surface area contributed by atoms with Crippen LogP contribution in [0, 0.1) is 12.8 Å². The van der Waals surface area contributed by atoms with Gasteiger partial charge in [-0.1, -0.05) is 0 Å². The standard InChI is InChI=1S/C9H13N3OS/c1-6-5-14-8(12-6)4-11-9(13)7-2-10-3-7/h5,7,10H,2-4H2,1H3,(H,11,13). The first-order valence-electron chi connectivity index (χ1n) is 4.65. The zero-order valence-electron chi connectivity index (χ0n) is 8.04. The number of aryl methyl sites for hydroxylation is 1. The maximum atomic E-state index is 11.4. The molecule has 1 amide bonds. The van der Waals surface area contributed by atoms with Crippen LogP contribution in [0.4, 0.5) is 0 Å². The SMILES string of the molecule is Cc1csc(CNC(=O)C2CNC2)n1. The number of rotatable bonds is 3. The molecule has 76 valence electrons. The summed E-state index contributed by atoms with van der Waals surface area (Å²) in [5.74, 6) is 0.299. The number of aromatic nitrogens is 1. The van der Waals surface area contributed by atoms with Crippen molar-refractivity contribution >= 4 is 17.2 Å². The predicted molar refractivity (Wildman–Crippen MR) is 55.1 cm³/mol. The summed E-state index contributed by atoms with van der Waals surface area (Å²) in [4.78, 5) is 15.7. The van der Waals surface area contributed by atoms with Gasteiger partial charge in [-0.25, -0.2) is 4.98 Å². The van der Waals surface area contributed by atoms with Crippen LogP contribution in [0.15, 0.2) is 5.38 Å². The van der Waals surface area contributed by atoms with E-state index in [4.69, 9.17) is 0 Å². The third-order valence-corrected chi connectivity index (χ3v) is 3.20. The fourth-order valence-electron chi connectivity index (χ4n) is 1.27. The summed E-state index contributed by atoms with van der Waals surface area (Å²) < 4.78 is 0. The molecule has 2 rings (SSSR count). The Balaban J connectivity index is 1.79. The summed E-state index contributed by atoms with van der Waals surface area (Å²) >= 11 is 1.59. The molecule has 1 aromatic rings. The highest BCUT2D eigenvalue weighted by Crippen LogP contribution is 2.09. The molecule has 0 radical (unpaired) electrons. The summed E-state index contributed by atoms with van der Waals surface area (Å²) in [6.07, 6.45) is 0. The lowest BCUT2D eigenvalue weighted by Gasteiger charge is -2.25. The Labute approximate surface area is 86.7 Å². The monoisotopic (exact) mass is 211 g/mol. The number of hydrogen-bond acceptors (Lipinski definition) is 4. The lowest BCUT2D eigenvalue weighted by Crippen LogP contribution is -2.50. The summed E-state index contributed by atoms with van der Waals surface area (Å²) in [7, 11) is 0. The van der Waals surface area contributed by atoms with E-state index in [2.05, 4.69) is 15.6 Å². The molecule has 0 aromatic carbocycles. The molecule has 5 heteroatoms. The lowest BCUT2D eigenvalue weighted by atomic mass is 10.0. The van der Waals surface area contributed by atoms with E-state index < -0.39 is 0 Å². The van der Waals surface area contributed by atoms with Crippen molar-refractivity contribution in [3.05, 3.63) is 16.1 Å². The second-order valence-corrected chi connectivity index (χ2v) is 4.40. The topological polar surface area (TPSA) is 54.0 Å². The summed E-state index contributed by atoms with van der Waals surface area (Å²) in [5.41, 5.74) is 1.02. The normalized spacial score (nSPS) is 16.4. The Morgan fingerprint density at radius 2 is 2.57 bits per heavy atom. The first-order chi connectivity index (χ1) is 6.75. The van der Waals surface area contributed by atoms with Gasteiger partial charge in [0.2, 0.25) is 5.91 Å². The van der Waals surface area contributed by atoms with Crippen molar-refractivity contribution in [2.75, 3.05) is 13.1 Å². The molecule has 0 spiro atoms. The smallest absolute Gasteiger partial charge is 0.226 e. The highest BCUT2D eigenvalue weighted by atomic mass is 32.1. The van der Waals surface area contributed by atoms with E-state index in [9.17, 15) is 4.79 Å². The molecule has 1 fully saturated rings. The van der Waals surface area contributed by atoms with Gasteiger partial charge in [-0.3, -0.25) is 4.79 Å². The summed E-state index contributed by atoms with van der Waals surface area (Å²) in [6.45, 7) is 4.14. The molecular formula is C9H13N3OS. The van der Waals surface area contributed by atoms with Crippen molar-refractivity contribution in [1.82, 2.24) is 15.6 Å². The second kappa shape index (κ2) is 4.06. The molecule has 0 atom stereocenters. The Kier molecular flexibility index (Phi) is 2.79. The number of carbonyl (C=O) groups excluding carboxylic acids is 1. The highest BCUT2D eigenvalue weighted by molar-refractivity contribution is 7.09. The van der Waals surface area contributed by atoms with Crippen LogP contribution >= 0.6 is 11.3 Å². The van der Waals surface area contributed by atoms with Crippen LogP contribution in [-0.2, 0) is 11.3 Å². The average Bonchev–Trinajstić information content (AvgIpc) is 2.45. The molecule has 4 nitrogen and oxygen atoms in total. The third kappa shape index (κ3) is 2.10. The average molecular weight is 211 g/mol. The predicted octanol–water partition coefficient (Wildman–Crippen LogP) is 0.287. The Morgan fingerprint density at radius 3 is 3.07 bits per heavy atom. The van der Waals surface area contributed by atoms with Gasteiger partial charge in [0.15, 0.2) is 0 Å². The van der Waals surface area contributed by atoms with E-state index >= 15 is 0 Å². The zero-order chi connectivity index (χ0) is 9.97. The van der Waals surface area contributed by atoms with Crippen molar-refractivity contribution in [2.24, 2.45) is 5.92 Å². The fraction of sp³-hybridized carbons (Fsp3) is 0.556. The summed E-state index contributed by atoms with van der Waals surface area (Å²) in [5, 5.41) is 8.92. The molecule has 2 heterocycles. The maximum Gasteiger partial charge on any atom is 0.226 e. The van der Waals surface area contributed by atoms with Crippen LogP contribution in [-0.4, -0.2) is 24.0 Å². The first kappa shape index (κ1) is 9.61. The van der Waals surface area contributed by atoms with E-state index in [1.54, 1.807) is 11.3 Å². The zero-order valence-corrected chi connectivity index (χ0v) is 8.86. The van der Waals surface area contributed by atoms with E-state index in [1.807, 2.05) is 12.3 Å². The molecule has 2 N–H and O–H groups in total. The molecule has 1 aliphatic heterocycles. The second-order valence-electron chi connectivity index (χ2n) is 3.46. The fourth-order valence-corrected chi connectivity index (χ4v) is 1.98.